The molecule has 4 heterocycles. The van der Waals surface area contributed by atoms with Crippen molar-refractivity contribution in [2.45, 2.75) is 25.2 Å². The van der Waals surface area contributed by atoms with Crippen LogP contribution in [0.4, 0.5) is 15.9 Å². The number of rotatable bonds is 4. The zero-order chi connectivity index (χ0) is 25.7. The third kappa shape index (κ3) is 3.85. The molecule has 0 aliphatic carbocycles. The van der Waals surface area contributed by atoms with E-state index in [1.165, 1.54) is 29.0 Å². The van der Waals surface area contributed by atoms with E-state index in [0.29, 0.717) is 44.1 Å². The highest BCUT2D eigenvalue weighted by molar-refractivity contribution is 6.01. The van der Waals surface area contributed by atoms with Crippen molar-refractivity contribution in [1.82, 2.24) is 19.5 Å². The van der Waals surface area contributed by atoms with Crippen LogP contribution in [0.3, 0.4) is 0 Å². The molecule has 10 heteroatoms. The predicted octanol–water partition coefficient (Wildman–Crippen LogP) is 4.19. The Morgan fingerprint density at radius 3 is 2.57 bits per heavy atom. The van der Waals surface area contributed by atoms with Crippen molar-refractivity contribution >= 4 is 29.0 Å². The van der Waals surface area contributed by atoms with Crippen LogP contribution in [0.25, 0.3) is 5.65 Å². The molecule has 1 fully saturated rings. The highest BCUT2D eigenvalue weighted by Crippen LogP contribution is 2.46. The minimum atomic E-state index is -1.15. The van der Waals surface area contributed by atoms with Gasteiger partial charge in [-0.3, -0.25) is 4.79 Å². The number of fused-ring (bicyclic) bond motifs is 3. The number of likely N-dealkylation sites (tertiary alicyclic amines) is 1. The SMILES string of the molecule is Cc1ccc(Nc2c(C(=O)N3CCC4(CC3)COc3cc(F)ccc34)cnc3c(C(=O)O)cnn23)cc1. The molecule has 1 amide bonds. The molecule has 2 aromatic carbocycles. The smallest absolute Gasteiger partial charge is 0.341 e. The fourth-order valence-corrected chi connectivity index (χ4v) is 5.20. The molecule has 37 heavy (non-hydrogen) atoms. The average Bonchev–Trinajstić information content (AvgIpc) is 3.48. The molecule has 0 bridgehead atoms. The van der Waals surface area contributed by atoms with Gasteiger partial charge in [-0.1, -0.05) is 23.8 Å². The Kier molecular flexibility index (Phi) is 5.32. The van der Waals surface area contributed by atoms with E-state index >= 15 is 0 Å². The number of hydrogen-bond acceptors (Lipinski definition) is 6. The molecular weight excluding hydrogens is 477 g/mol. The van der Waals surface area contributed by atoms with Gasteiger partial charge in [0, 0.05) is 42.0 Å². The molecule has 2 aliphatic rings. The Hall–Kier alpha value is -4.47. The lowest BCUT2D eigenvalue weighted by Gasteiger charge is -2.38. The van der Waals surface area contributed by atoms with Crippen molar-refractivity contribution in [3.63, 3.8) is 0 Å². The second kappa shape index (κ2) is 8.58. The molecule has 0 saturated carbocycles. The number of aromatic carboxylic acids is 1. The first-order chi connectivity index (χ1) is 17.8. The van der Waals surface area contributed by atoms with Crippen LogP contribution in [-0.2, 0) is 5.41 Å². The maximum Gasteiger partial charge on any atom is 0.341 e. The number of carbonyl (C=O) groups is 2. The number of amides is 1. The van der Waals surface area contributed by atoms with E-state index in [-0.39, 0.29) is 33.9 Å². The van der Waals surface area contributed by atoms with Gasteiger partial charge in [0.05, 0.1) is 12.8 Å². The van der Waals surface area contributed by atoms with Crippen molar-refractivity contribution in [2.24, 2.45) is 0 Å². The van der Waals surface area contributed by atoms with E-state index in [0.717, 1.165) is 16.8 Å². The fourth-order valence-electron chi connectivity index (χ4n) is 5.20. The maximum atomic E-state index is 13.8. The molecule has 2 N–H and O–H groups in total. The summed E-state index contributed by atoms with van der Waals surface area (Å²) >= 11 is 0. The van der Waals surface area contributed by atoms with Crippen molar-refractivity contribution < 1.29 is 23.8 Å². The van der Waals surface area contributed by atoms with E-state index in [9.17, 15) is 19.1 Å². The molecule has 188 valence electrons. The summed E-state index contributed by atoms with van der Waals surface area (Å²) in [5.74, 6) is -0.791. The standard InChI is InChI=1S/C27H24FN5O4/c1-16-2-5-18(6-3-16)31-24-19(13-29-23-20(26(35)36)14-30-33(23)24)25(34)32-10-8-27(9-11-32)15-37-22-12-17(28)4-7-21(22)27/h2-7,12-14,31H,8-11,15H2,1H3,(H,35,36). The van der Waals surface area contributed by atoms with Crippen LogP contribution in [-0.4, -0.2) is 56.2 Å². The minimum Gasteiger partial charge on any atom is -0.492 e. The third-order valence-electron chi connectivity index (χ3n) is 7.33. The molecule has 2 aliphatic heterocycles. The number of carbonyl (C=O) groups excluding carboxylic acids is 1. The molecule has 4 aromatic rings. The second-order valence-corrected chi connectivity index (χ2v) is 9.61. The summed E-state index contributed by atoms with van der Waals surface area (Å²) in [5, 5.41) is 17.0. The topological polar surface area (TPSA) is 109 Å². The molecule has 0 atom stereocenters. The van der Waals surface area contributed by atoms with Crippen LogP contribution in [0.2, 0.25) is 0 Å². The molecule has 0 unspecified atom stereocenters. The lowest BCUT2D eigenvalue weighted by molar-refractivity contribution is 0.0645. The Bertz CT molecular complexity index is 1540. The van der Waals surface area contributed by atoms with Crippen molar-refractivity contribution in [1.29, 1.82) is 0 Å². The molecule has 9 nitrogen and oxygen atoms in total. The van der Waals surface area contributed by atoms with Gasteiger partial charge in [-0.25, -0.2) is 14.2 Å². The number of nitrogens with zero attached hydrogens (tertiary/aromatic N) is 4. The van der Waals surface area contributed by atoms with Crippen molar-refractivity contribution in [3.8, 4) is 5.75 Å². The second-order valence-electron chi connectivity index (χ2n) is 9.61. The summed E-state index contributed by atoms with van der Waals surface area (Å²) in [6, 6.07) is 12.3. The quantitative estimate of drug-likeness (QED) is 0.432. The highest BCUT2D eigenvalue weighted by Gasteiger charge is 2.44. The average molecular weight is 502 g/mol. The van der Waals surface area contributed by atoms with Crippen molar-refractivity contribution in [2.75, 3.05) is 25.0 Å². The van der Waals surface area contributed by atoms with E-state index in [2.05, 4.69) is 15.4 Å². The molecule has 6 rings (SSSR count). The molecule has 1 saturated heterocycles. The monoisotopic (exact) mass is 501 g/mol. The molecular formula is C27H24FN5O4. The van der Waals surface area contributed by atoms with Crippen LogP contribution in [0.5, 0.6) is 5.75 Å². The summed E-state index contributed by atoms with van der Waals surface area (Å²) in [4.78, 5) is 31.5. The molecule has 0 radical (unpaired) electrons. The molecule has 1 spiro atoms. The first-order valence-corrected chi connectivity index (χ1v) is 12.0. The number of aryl methyl sites for hydroxylation is 1. The molecule has 2 aromatic heterocycles. The van der Waals surface area contributed by atoms with Gasteiger partial charge in [0.25, 0.3) is 5.91 Å². The van der Waals surface area contributed by atoms with Crippen LogP contribution in [0, 0.1) is 12.7 Å². The normalized spacial score (nSPS) is 16.0. The predicted molar refractivity (Wildman–Crippen MR) is 133 cm³/mol. The third-order valence-corrected chi connectivity index (χ3v) is 7.33. The summed E-state index contributed by atoms with van der Waals surface area (Å²) in [6.45, 7) is 3.41. The van der Waals surface area contributed by atoms with Crippen LogP contribution in [0.1, 0.15) is 44.7 Å². The number of halogens is 1. The van der Waals surface area contributed by atoms with Gasteiger partial charge >= 0.3 is 5.97 Å². The lowest BCUT2D eigenvalue weighted by Crippen LogP contribution is -2.46. The first kappa shape index (κ1) is 23.0. The number of carboxylic acids is 1. The maximum absolute atomic E-state index is 13.8. The van der Waals surface area contributed by atoms with Gasteiger partial charge in [-0.15, -0.1) is 0 Å². The zero-order valence-electron chi connectivity index (χ0n) is 20.1. The Morgan fingerprint density at radius 1 is 1.08 bits per heavy atom. The van der Waals surface area contributed by atoms with Gasteiger partial charge < -0.3 is 20.1 Å². The number of hydrogen-bond donors (Lipinski definition) is 2. The first-order valence-electron chi connectivity index (χ1n) is 12.0. The van der Waals surface area contributed by atoms with Gasteiger partial charge in [-0.05, 0) is 38.0 Å². The number of benzene rings is 2. The van der Waals surface area contributed by atoms with Crippen LogP contribution >= 0.6 is 0 Å². The van der Waals surface area contributed by atoms with Gasteiger partial charge in [0.2, 0.25) is 0 Å². The van der Waals surface area contributed by atoms with Gasteiger partial charge in [0.1, 0.15) is 28.5 Å². The van der Waals surface area contributed by atoms with E-state index in [1.54, 1.807) is 11.0 Å². The largest absolute Gasteiger partial charge is 0.492 e. The van der Waals surface area contributed by atoms with E-state index in [1.807, 2.05) is 31.2 Å². The number of carboxylic acid groups (broad SMARTS) is 1. The number of nitrogens with one attached hydrogen (secondary N) is 1. The zero-order valence-corrected chi connectivity index (χ0v) is 20.1. The van der Waals surface area contributed by atoms with Crippen LogP contribution in [0.15, 0.2) is 54.9 Å². The number of piperidine rings is 1. The Labute approximate surface area is 211 Å². The number of ether oxygens (including phenoxy) is 1. The number of anilines is 2. The fraction of sp³-hybridized carbons (Fsp3) is 0.259. The number of aromatic nitrogens is 3. The highest BCUT2D eigenvalue weighted by atomic mass is 19.1. The summed E-state index contributed by atoms with van der Waals surface area (Å²) in [7, 11) is 0. The Morgan fingerprint density at radius 2 is 1.84 bits per heavy atom. The van der Waals surface area contributed by atoms with Crippen molar-refractivity contribution in [3.05, 3.63) is 82.9 Å². The summed E-state index contributed by atoms with van der Waals surface area (Å²) in [5.41, 5.74) is 2.92. The summed E-state index contributed by atoms with van der Waals surface area (Å²) in [6.07, 6.45) is 3.99. The van der Waals surface area contributed by atoms with E-state index in [4.69, 9.17) is 4.74 Å². The van der Waals surface area contributed by atoms with Gasteiger partial charge in [-0.2, -0.15) is 9.61 Å². The van der Waals surface area contributed by atoms with Gasteiger partial charge in [0.15, 0.2) is 5.65 Å². The van der Waals surface area contributed by atoms with E-state index < -0.39 is 5.97 Å². The van der Waals surface area contributed by atoms with Crippen LogP contribution < -0.4 is 10.1 Å². The minimum absolute atomic E-state index is 0.0535. The lowest BCUT2D eigenvalue weighted by atomic mass is 9.74. The Balaban J connectivity index is 1.32. The summed E-state index contributed by atoms with van der Waals surface area (Å²) < 4.78 is 20.8.